The third kappa shape index (κ3) is 7.86. The SMILES string of the molecule is Cc1ccccc1OCC(=O)NNC(=S)NC(=O)c1ccc(OCCc2ccccc2)c(Br)c1. The first-order chi connectivity index (χ1) is 16.4. The van der Waals surface area contributed by atoms with Crippen LogP contribution in [0, 0.1) is 6.92 Å². The minimum Gasteiger partial charge on any atom is -0.492 e. The lowest BCUT2D eigenvalue weighted by atomic mass is 10.2. The summed E-state index contributed by atoms with van der Waals surface area (Å²) in [5, 5.41) is 2.46. The van der Waals surface area contributed by atoms with Crippen LogP contribution in [0.5, 0.6) is 11.5 Å². The van der Waals surface area contributed by atoms with Gasteiger partial charge in [-0.2, -0.15) is 0 Å². The fourth-order valence-electron chi connectivity index (χ4n) is 2.91. The molecule has 0 aromatic heterocycles. The van der Waals surface area contributed by atoms with Gasteiger partial charge in [-0.3, -0.25) is 25.8 Å². The van der Waals surface area contributed by atoms with Crippen molar-refractivity contribution < 1.29 is 19.1 Å². The monoisotopic (exact) mass is 541 g/mol. The van der Waals surface area contributed by atoms with Gasteiger partial charge in [-0.05, 0) is 70.5 Å². The minimum atomic E-state index is -0.445. The van der Waals surface area contributed by atoms with E-state index in [4.69, 9.17) is 21.7 Å². The van der Waals surface area contributed by atoms with Crippen molar-refractivity contribution in [1.29, 1.82) is 0 Å². The highest BCUT2D eigenvalue weighted by Crippen LogP contribution is 2.26. The molecule has 0 radical (unpaired) electrons. The van der Waals surface area contributed by atoms with Crippen LogP contribution in [0.4, 0.5) is 0 Å². The predicted octanol–water partition coefficient (Wildman–Crippen LogP) is 4.09. The van der Waals surface area contributed by atoms with E-state index in [0.29, 0.717) is 28.1 Å². The molecule has 3 rings (SSSR count). The first-order valence-corrected chi connectivity index (χ1v) is 11.7. The molecule has 0 atom stereocenters. The van der Waals surface area contributed by atoms with Gasteiger partial charge in [0, 0.05) is 12.0 Å². The number of thiocarbonyl (C=S) groups is 1. The summed E-state index contributed by atoms with van der Waals surface area (Å²) in [7, 11) is 0. The third-order valence-electron chi connectivity index (χ3n) is 4.68. The van der Waals surface area contributed by atoms with Gasteiger partial charge in [0.1, 0.15) is 11.5 Å². The molecule has 0 fully saturated rings. The Balaban J connectivity index is 1.41. The van der Waals surface area contributed by atoms with Gasteiger partial charge in [0.25, 0.3) is 11.8 Å². The third-order valence-corrected chi connectivity index (χ3v) is 5.50. The molecule has 0 aliphatic carbocycles. The maximum atomic E-state index is 12.5. The van der Waals surface area contributed by atoms with Gasteiger partial charge in [0.2, 0.25) is 0 Å². The number of carbonyl (C=O) groups excluding carboxylic acids is 2. The Morgan fingerprint density at radius 1 is 0.912 bits per heavy atom. The highest BCUT2D eigenvalue weighted by molar-refractivity contribution is 9.10. The fourth-order valence-corrected chi connectivity index (χ4v) is 3.55. The number of halogens is 1. The summed E-state index contributed by atoms with van der Waals surface area (Å²) in [5.74, 6) is 0.375. The molecule has 0 unspecified atom stereocenters. The summed E-state index contributed by atoms with van der Waals surface area (Å²) in [6.45, 7) is 2.19. The summed E-state index contributed by atoms with van der Waals surface area (Å²) in [4.78, 5) is 24.4. The first kappa shape index (κ1) is 25.2. The van der Waals surface area contributed by atoms with E-state index in [1.165, 1.54) is 5.56 Å². The van der Waals surface area contributed by atoms with Crippen LogP contribution in [0.3, 0.4) is 0 Å². The van der Waals surface area contributed by atoms with Gasteiger partial charge >= 0.3 is 0 Å². The van der Waals surface area contributed by atoms with Crippen molar-refractivity contribution in [2.75, 3.05) is 13.2 Å². The largest absolute Gasteiger partial charge is 0.492 e. The van der Waals surface area contributed by atoms with Crippen LogP contribution in [0.1, 0.15) is 21.5 Å². The van der Waals surface area contributed by atoms with Crippen LogP contribution >= 0.6 is 28.1 Å². The fraction of sp³-hybridized carbons (Fsp3) is 0.160. The Bertz CT molecular complexity index is 1160. The van der Waals surface area contributed by atoms with Gasteiger partial charge in [0.05, 0.1) is 11.1 Å². The maximum Gasteiger partial charge on any atom is 0.276 e. The van der Waals surface area contributed by atoms with E-state index in [9.17, 15) is 9.59 Å². The number of hydrazine groups is 1. The van der Waals surface area contributed by atoms with Crippen molar-refractivity contribution in [3.63, 3.8) is 0 Å². The van der Waals surface area contributed by atoms with Gasteiger partial charge in [-0.25, -0.2) is 0 Å². The number of amides is 2. The molecular formula is C25H24BrN3O4S. The highest BCUT2D eigenvalue weighted by atomic mass is 79.9. The van der Waals surface area contributed by atoms with Crippen LogP contribution in [0.15, 0.2) is 77.3 Å². The Morgan fingerprint density at radius 2 is 1.65 bits per heavy atom. The van der Waals surface area contributed by atoms with E-state index in [2.05, 4.69) is 32.1 Å². The lowest BCUT2D eigenvalue weighted by molar-refractivity contribution is -0.123. The summed E-state index contributed by atoms with van der Waals surface area (Å²) in [5.41, 5.74) is 7.36. The average Bonchev–Trinajstić information content (AvgIpc) is 2.84. The molecule has 3 N–H and O–H groups in total. The zero-order valence-electron chi connectivity index (χ0n) is 18.5. The van der Waals surface area contributed by atoms with E-state index in [1.807, 2.05) is 55.5 Å². The molecule has 0 saturated heterocycles. The van der Waals surface area contributed by atoms with Gasteiger partial charge in [-0.1, -0.05) is 48.5 Å². The molecule has 0 spiro atoms. The molecule has 2 amide bonds. The number of benzene rings is 3. The predicted molar refractivity (Wildman–Crippen MR) is 138 cm³/mol. The second-order valence-electron chi connectivity index (χ2n) is 7.24. The standard InChI is InChI=1S/C25H24BrN3O4S/c1-17-7-5-6-10-21(17)33-16-23(30)28-29-25(34)27-24(31)19-11-12-22(20(26)15-19)32-14-13-18-8-3-2-4-9-18/h2-12,15H,13-14,16H2,1H3,(H,28,30)(H2,27,29,31,34). The normalized spacial score (nSPS) is 10.2. The van der Waals surface area contributed by atoms with E-state index in [0.717, 1.165) is 12.0 Å². The zero-order chi connectivity index (χ0) is 24.3. The number of carbonyl (C=O) groups is 2. The Morgan fingerprint density at radius 3 is 2.38 bits per heavy atom. The van der Waals surface area contributed by atoms with Crippen molar-refractivity contribution in [1.82, 2.24) is 16.2 Å². The average molecular weight is 542 g/mol. The number of para-hydroxylation sites is 1. The molecule has 0 aliphatic heterocycles. The first-order valence-electron chi connectivity index (χ1n) is 10.5. The molecule has 0 heterocycles. The zero-order valence-corrected chi connectivity index (χ0v) is 20.9. The quantitative estimate of drug-likeness (QED) is 0.294. The number of rotatable bonds is 8. The lowest BCUT2D eigenvalue weighted by Crippen LogP contribution is -2.49. The number of nitrogens with one attached hydrogen (secondary N) is 3. The second kappa shape index (κ2) is 12.7. The smallest absolute Gasteiger partial charge is 0.276 e. The summed E-state index contributed by atoms with van der Waals surface area (Å²) < 4.78 is 11.9. The van der Waals surface area contributed by atoms with Crippen LogP contribution in [-0.2, 0) is 11.2 Å². The second-order valence-corrected chi connectivity index (χ2v) is 8.50. The van der Waals surface area contributed by atoms with Gasteiger partial charge in [0.15, 0.2) is 11.7 Å². The van der Waals surface area contributed by atoms with E-state index >= 15 is 0 Å². The van der Waals surface area contributed by atoms with Crippen molar-refractivity contribution in [2.24, 2.45) is 0 Å². The summed E-state index contributed by atoms with van der Waals surface area (Å²) in [6.07, 6.45) is 0.775. The molecule has 0 aliphatic rings. The van der Waals surface area contributed by atoms with Crippen LogP contribution in [0.2, 0.25) is 0 Å². The number of ether oxygens (including phenoxy) is 2. The van der Waals surface area contributed by atoms with Crippen molar-refractivity contribution in [3.05, 3.63) is 94.0 Å². The molecule has 34 heavy (non-hydrogen) atoms. The van der Waals surface area contributed by atoms with Gasteiger partial charge < -0.3 is 9.47 Å². The molecule has 0 saturated carbocycles. The van der Waals surface area contributed by atoms with Crippen LogP contribution in [-0.4, -0.2) is 30.1 Å². The van der Waals surface area contributed by atoms with E-state index in [1.54, 1.807) is 24.3 Å². The highest BCUT2D eigenvalue weighted by Gasteiger charge is 2.12. The van der Waals surface area contributed by atoms with Crippen molar-refractivity contribution >= 4 is 45.1 Å². The summed E-state index contributed by atoms with van der Waals surface area (Å²) in [6, 6.07) is 22.4. The topological polar surface area (TPSA) is 88.7 Å². The van der Waals surface area contributed by atoms with Crippen molar-refractivity contribution in [2.45, 2.75) is 13.3 Å². The molecular weight excluding hydrogens is 518 g/mol. The van der Waals surface area contributed by atoms with E-state index < -0.39 is 11.8 Å². The molecule has 3 aromatic carbocycles. The Labute approximate surface area is 211 Å². The van der Waals surface area contributed by atoms with Gasteiger partial charge in [-0.15, -0.1) is 0 Å². The molecule has 7 nitrogen and oxygen atoms in total. The maximum absolute atomic E-state index is 12.5. The summed E-state index contributed by atoms with van der Waals surface area (Å²) >= 11 is 8.51. The van der Waals surface area contributed by atoms with Crippen molar-refractivity contribution in [3.8, 4) is 11.5 Å². The molecule has 0 bridgehead atoms. The molecule has 176 valence electrons. The minimum absolute atomic E-state index is 0.0476. The molecule has 3 aromatic rings. The Hall–Kier alpha value is -3.43. The van der Waals surface area contributed by atoms with Crippen LogP contribution < -0.4 is 25.6 Å². The molecule has 9 heteroatoms. The van der Waals surface area contributed by atoms with Crippen LogP contribution in [0.25, 0.3) is 0 Å². The van der Waals surface area contributed by atoms with E-state index in [-0.39, 0.29) is 11.7 Å². The Kier molecular flexibility index (Phi) is 9.42. The number of hydrogen-bond donors (Lipinski definition) is 3. The lowest BCUT2D eigenvalue weighted by Gasteiger charge is -2.13. The number of aryl methyl sites for hydroxylation is 1. The number of hydrogen-bond acceptors (Lipinski definition) is 5.